The third-order valence-electron chi connectivity index (χ3n) is 3.04. The van der Waals surface area contributed by atoms with Gasteiger partial charge in [-0.05, 0) is 25.8 Å². The van der Waals surface area contributed by atoms with Gasteiger partial charge in [0.2, 0.25) is 0 Å². The monoisotopic (exact) mass is 233 g/mol. The van der Waals surface area contributed by atoms with Crippen molar-refractivity contribution in [1.29, 1.82) is 0 Å². The van der Waals surface area contributed by atoms with Gasteiger partial charge in [0.1, 0.15) is 0 Å². The average Bonchev–Trinajstić information content (AvgIpc) is 2.52. The van der Waals surface area contributed by atoms with E-state index < -0.39 is 9.84 Å². The number of rotatable bonds is 7. The molecule has 0 aromatic carbocycles. The average molecular weight is 233 g/mol. The van der Waals surface area contributed by atoms with Crippen LogP contribution in [0.5, 0.6) is 0 Å². The van der Waals surface area contributed by atoms with Crippen molar-refractivity contribution < 1.29 is 8.42 Å². The van der Waals surface area contributed by atoms with E-state index in [1.54, 1.807) is 0 Å². The Morgan fingerprint density at radius 2 is 2.07 bits per heavy atom. The van der Waals surface area contributed by atoms with Crippen LogP contribution in [0.25, 0.3) is 0 Å². The molecule has 0 aliphatic carbocycles. The van der Waals surface area contributed by atoms with Crippen molar-refractivity contribution >= 4 is 9.84 Å². The summed E-state index contributed by atoms with van der Waals surface area (Å²) < 4.78 is 23.0. The van der Waals surface area contributed by atoms with Gasteiger partial charge in [0.05, 0.1) is 11.0 Å². The van der Waals surface area contributed by atoms with Gasteiger partial charge in [-0.1, -0.05) is 26.2 Å². The topological polar surface area (TPSA) is 46.2 Å². The smallest absolute Gasteiger partial charge is 0.154 e. The first-order valence-electron chi connectivity index (χ1n) is 6.09. The molecule has 15 heavy (non-hydrogen) atoms. The number of unbranched alkanes of at least 4 members (excludes halogenated alkanes) is 3. The van der Waals surface area contributed by atoms with Crippen molar-refractivity contribution in [3.8, 4) is 0 Å². The van der Waals surface area contributed by atoms with Gasteiger partial charge in [0.15, 0.2) is 9.84 Å². The van der Waals surface area contributed by atoms with E-state index >= 15 is 0 Å². The molecule has 1 aliphatic heterocycles. The zero-order chi connectivity index (χ0) is 11.1. The van der Waals surface area contributed by atoms with E-state index in [9.17, 15) is 8.42 Å². The first-order valence-corrected chi connectivity index (χ1v) is 7.80. The Kier molecular flexibility index (Phi) is 5.61. The molecule has 1 saturated heterocycles. The molecule has 0 radical (unpaired) electrons. The molecule has 0 aromatic rings. The van der Waals surface area contributed by atoms with E-state index in [2.05, 4.69) is 12.2 Å². The van der Waals surface area contributed by atoms with E-state index in [0.29, 0.717) is 12.3 Å². The fourth-order valence-electron chi connectivity index (χ4n) is 2.03. The van der Waals surface area contributed by atoms with E-state index in [0.717, 1.165) is 19.4 Å². The summed E-state index contributed by atoms with van der Waals surface area (Å²) in [5, 5.41) is 3.15. The SMILES string of the molecule is CCCCCCNCC1CCCS1(=O)=O. The van der Waals surface area contributed by atoms with Crippen molar-refractivity contribution in [2.24, 2.45) is 0 Å². The molecule has 1 fully saturated rings. The molecule has 1 unspecified atom stereocenters. The molecule has 0 bridgehead atoms. The highest BCUT2D eigenvalue weighted by atomic mass is 32.2. The van der Waals surface area contributed by atoms with E-state index in [1.165, 1.54) is 25.7 Å². The molecule has 1 atom stereocenters. The van der Waals surface area contributed by atoms with Crippen molar-refractivity contribution in [3.05, 3.63) is 0 Å². The third-order valence-corrected chi connectivity index (χ3v) is 5.32. The van der Waals surface area contributed by atoms with Crippen LogP contribution in [0.3, 0.4) is 0 Å². The van der Waals surface area contributed by atoms with Crippen LogP contribution in [0.2, 0.25) is 0 Å². The second kappa shape index (κ2) is 6.48. The zero-order valence-electron chi connectivity index (χ0n) is 9.67. The van der Waals surface area contributed by atoms with Gasteiger partial charge in [-0.2, -0.15) is 0 Å². The number of nitrogens with one attached hydrogen (secondary N) is 1. The fraction of sp³-hybridized carbons (Fsp3) is 1.00. The zero-order valence-corrected chi connectivity index (χ0v) is 10.5. The molecular weight excluding hydrogens is 210 g/mol. The summed E-state index contributed by atoms with van der Waals surface area (Å²) in [6, 6.07) is 0. The molecule has 3 nitrogen and oxygen atoms in total. The predicted octanol–water partition coefficient (Wildman–Crippen LogP) is 1.73. The van der Waals surface area contributed by atoms with Gasteiger partial charge in [0, 0.05) is 6.54 Å². The number of hydrogen-bond donors (Lipinski definition) is 1. The summed E-state index contributed by atoms with van der Waals surface area (Å²) in [6.07, 6.45) is 6.65. The fourth-order valence-corrected chi connectivity index (χ4v) is 3.83. The number of hydrogen-bond acceptors (Lipinski definition) is 3. The van der Waals surface area contributed by atoms with E-state index in [1.807, 2.05) is 0 Å². The highest BCUT2D eigenvalue weighted by molar-refractivity contribution is 7.92. The molecule has 0 spiro atoms. The molecule has 0 amide bonds. The summed E-state index contributed by atoms with van der Waals surface area (Å²) in [6.45, 7) is 3.82. The molecule has 1 heterocycles. The standard InChI is InChI=1S/C11H23NO2S/c1-2-3-4-5-8-12-10-11-7-6-9-15(11,13)14/h11-12H,2-10H2,1H3. The molecular formula is C11H23NO2S. The normalized spacial score (nSPS) is 24.5. The molecule has 1 rings (SSSR count). The van der Waals surface area contributed by atoms with Crippen molar-refractivity contribution in [1.82, 2.24) is 5.32 Å². The van der Waals surface area contributed by atoms with E-state index in [-0.39, 0.29) is 5.25 Å². The maximum Gasteiger partial charge on any atom is 0.154 e. The van der Waals surface area contributed by atoms with Crippen LogP contribution >= 0.6 is 0 Å². The van der Waals surface area contributed by atoms with Crippen LogP contribution in [0.1, 0.15) is 45.4 Å². The Hall–Kier alpha value is -0.0900. The molecule has 1 aliphatic rings. The van der Waals surface area contributed by atoms with Gasteiger partial charge in [-0.15, -0.1) is 0 Å². The van der Waals surface area contributed by atoms with Crippen LogP contribution in [-0.2, 0) is 9.84 Å². The molecule has 1 N–H and O–H groups in total. The second-order valence-corrected chi connectivity index (χ2v) is 6.80. The number of sulfone groups is 1. The van der Waals surface area contributed by atoms with Gasteiger partial charge in [-0.3, -0.25) is 0 Å². The molecule has 4 heteroatoms. The van der Waals surface area contributed by atoms with Gasteiger partial charge in [0.25, 0.3) is 0 Å². The summed E-state index contributed by atoms with van der Waals surface area (Å²) in [4.78, 5) is 0. The molecule has 0 aromatic heterocycles. The minimum Gasteiger partial charge on any atom is -0.315 e. The second-order valence-electron chi connectivity index (χ2n) is 4.40. The summed E-state index contributed by atoms with van der Waals surface area (Å²) in [7, 11) is -2.75. The van der Waals surface area contributed by atoms with Crippen molar-refractivity contribution in [2.45, 2.75) is 50.7 Å². The third kappa shape index (κ3) is 4.51. The lowest BCUT2D eigenvalue weighted by Crippen LogP contribution is -2.31. The lowest BCUT2D eigenvalue weighted by molar-refractivity contribution is 0.559. The Morgan fingerprint density at radius 3 is 2.67 bits per heavy atom. The quantitative estimate of drug-likeness (QED) is 0.681. The predicted molar refractivity (Wildman–Crippen MR) is 63.8 cm³/mol. The Balaban J connectivity index is 2.05. The molecule has 0 saturated carbocycles. The lowest BCUT2D eigenvalue weighted by Gasteiger charge is -2.10. The van der Waals surface area contributed by atoms with Crippen LogP contribution in [0.15, 0.2) is 0 Å². The van der Waals surface area contributed by atoms with Crippen LogP contribution in [0.4, 0.5) is 0 Å². The van der Waals surface area contributed by atoms with E-state index in [4.69, 9.17) is 0 Å². The Labute approximate surface area is 93.6 Å². The summed E-state index contributed by atoms with van der Waals surface area (Å²) in [5.74, 6) is 0.398. The maximum absolute atomic E-state index is 11.5. The van der Waals surface area contributed by atoms with Crippen LogP contribution in [0, 0.1) is 0 Å². The lowest BCUT2D eigenvalue weighted by atomic mass is 10.2. The van der Waals surface area contributed by atoms with Crippen LogP contribution in [-0.4, -0.2) is 32.5 Å². The highest BCUT2D eigenvalue weighted by Crippen LogP contribution is 2.18. The summed E-state index contributed by atoms with van der Waals surface area (Å²) >= 11 is 0. The summed E-state index contributed by atoms with van der Waals surface area (Å²) in [5.41, 5.74) is 0. The minimum absolute atomic E-state index is 0.108. The first-order chi connectivity index (χ1) is 7.17. The van der Waals surface area contributed by atoms with Gasteiger partial charge < -0.3 is 5.32 Å². The van der Waals surface area contributed by atoms with Gasteiger partial charge in [-0.25, -0.2) is 8.42 Å². The first kappa shape index (κ1) is 13.0. The van der Waals surface area contributed by atoms with Crippen LogP contribution < -0.4 is 5.32 Å². The largest absolute Gasteiger partial charge is 0.315 e. The minimum atomic E-state index is -2.75. The van der Waals surface area contributed by atoms with Crippen molar-refractivity contribution in [2.75, 3.05) is 18.8 Å². The highest BCUT2D eigenvalue weighted by Gasteiger charge is 2.30. The van der Waals surface area contributed by atoms with Crippen molar-refractivity contribution in [3.63, 3.8) is 0 Å². The molecule has 90 valence electrons. The Morgan fingerprint density at radius 1 is 1.27 bits per heavy atom. The van der Waals surface area contributed by atoms with Gasteiger partial charge >= 0.3 is 0 Å². The maximum atomic E-state index is 11.5. The Bertz CT molecular complexity index is 262.